The average Bonchev–Trinajstić information content (AvgIpc) is 2.48. The second kappa shape index (κ2) is 3.87. The van der Waals surface area contributed by atoms with Crippen LogP contribution in [0.15, 0.2) is 6.20 Å². The Balaban J connectivity index is 2.70. The highest BCUT2D eigenvalue weighted by Crippen LogP contribution is 2.04. The van der Waals surface area contributed by atoms with Crippen molar-refractivity contribution in [3.05, 3.63) is 17.5 Å². The lowest BCUT2D eigenvalue weighted by Gasteiger charge is -1.97. The quantitative estimate of drug-likeness (QED) is 0.681. The number of carboxylic acid groups (broad SMARTS) is 1. The summed E-state index contributed by atoms with van der Waals surface area (Å²) in [7, 11) is 1.57. The molecule has 12 heavy (non-hydrogen) atoms. The number of rotatable bonds is 4. The second-order valence-corrected chi connectivity index (χ2v) is 2.31. The predicted molar refractivity (Wildman–Crippen MR) is 41.1 cm³/mol. The van der Waals surface area contributed by atoms with E-state index in [-0.39, 0.29) is 5.56 Å². The number of methoxy groups -OCH3 is 1. The van der Waals surface area contributed by atoms with Crippen LogP contribution < -0.4 is 0 Å². The maximum absolute atomic E-state index is 10.5. The molecule has 0 saturated heterocycles. The van der Waals surface area contributed by atoms with E-state index in [0.29, 0.717) is 18.7 Å². The average molecular weight is 170 g/mol. The van der Waals surface area contributed by atoms with Crippen LogP contribution in [0.4, 0.5) is 0 Å². The SMILES string of the molecule is COCCc1[nH]ncc1C(=O)O. The summed E-state index contributed by atoms with van der Waals surface area (Å²) in [6.07, 6.45) is 1.84. The fourth-order valence-electron chi connectivity index (χ4n) is 0.892. The number of H-pyrrole nitrogens is 1. The number of aromatic nitrogens is 2. The molecule has 0 spiro atoms. The summed E-state index contributed by atoms with van der Waals surface area (Å²) in [5.74, 6) is -0.963. The van der Waals surface area contributed by atoms with Gasteiger partial charge in [0.2, 0.25) is 0 Å². The van der Waals surface area contributed by atoms with Gasteiger partial charge < -0.3 is 9.84 Å². The molecule has 1 aromatic rings. The molecular weight excluding hydrogens is 160 g/mol. The highest BCUT2D eigenvalue weighted by Gasteiger charge is 2.10. The zero-order valence-corrected chi connectivity index (χ0v) is 6.70. The molecule has 0 radical (unpaired) electrons. The molecule has 0 aliphatic rings. The smallest absolute Gasteiger partial charge is 0.339 e. The van der Waals surface area contributed by atoms with Gasteiger partial charge in [-0.05, 0) is 0 Å². The van der Waals surface area contributed by atoms with Crippen molar-refractivity contribution >= 4 is 5.97 Å². The van der Waals surface area contributed by atoms with Gasteiger partial charge in [0.15, 0.2) is 0 Å². The van der Waals surface area contributed by atoms with E-state index in [0.717, 1.165) is 0 Å². The fraction of sp³-hybridized carbons (Fsp3) is 0.429. The molecule has 0 aromatic carbocycles. The number of aromatic amines is 1. The number of aromatic carboxylic acids is 1. The summed E-state index contributed by atoms with van der Waals surface area (Å²) in [6, 6.07) is 0. The zero-order chi connectivity index (χ0) is 8.97. The first-order valence-corrected chi connectivity index (χ1v) is 3.50. The van der Waals surface area contributed by atoms with Gasteiger partial charge in [0.1, 0.15) is 5.56 Å². The van der Waals surface area contributed by atoms with Gasteiger partial charge in [0.05, 0.1) is 18.5 Å². The van der Waals surface area contributed by atoms with Gasteiger partial charge >= 0.3 is 5.97 Å². The Hall–Kier alpha value is -1.36. The van der Waals surface area contributed by atoms with Gasteiger partial charge in [-0.15, -0.1) is 0 Å². The Morgan fingerprint density at radius 3 is 3.17 bits per heavy atom. The minimum atomic E-state index is -0.963. The number of carbonyl (C=O) groups is 1. The fourth-order valence-corrected chi connectivity index (χ4v) is 0.892. The van der Waals surface area contributed by atoms with Crippen LogP contribution >= 0.6 is 0 Å². The van der Waals surface area contributed by atoms with Crippen molar-refractivity contribution in [1.82, 2.24) is 10.2 Å². The van der Waals surface area contributed by atoms with Crippen LogP contribution in [-0.4, -0.2) is 35.0 Å². The van der Waals surface area contributed by atoms with Gasteiger partial charge in [-0.3, -0.25) is 5.10 Å². The molecule has 0 aliphatic heterocycles. The highest BCUT2D eigenvalue weighted by atomic mass is 16.5. The van der Waals surface area contributed by atoms with E-state index < -0.39 is 5.97 Å². The van der Waals surface area contributed by atoms with Crippen molar-refractivity contribution in [3.8, 4) is 0 Å². The molecular formula is C7H10N2O3. The third-order valence-corrected chi connectivity index (χ3v) is 1.50. The lowest BCUT2D eigenvalue weighted by atomic mass is 10.2. The van der Waals surface area contributed by atoms with E-state index in [2.05, 4.69) is 10.2 Å². The summed E-state index contributed by atoms with van der Waals surface area (Å²) in [5, 5.41) is 14.9. The summed E-state index contributed by atoms with van der Waals surface area (Å²) in [4.78, 5) is 10.5. The highest BCUT2D eigenvalue weighted by molar-refractivity contribution is 5.88. The van der Waals surface area contributed by atoms with Gasteiger partial charge in [-0.25, -0.2) is 4.79 Å². The zero-order valence-electron chi connectivity index (χ0n) is 6.70. The molecule has 66 valence electrons. The molecule has 0 aliphatic carbocycles. The number of ether oxygens (including phenoxy) is 1. The minimum absolute atomic E-state index is 0.215. The van der Waals surface area contributed by atoms with E-state index in [9.17, 15) is 4.79 Å². The molecule has 0 atom stereocenters. The Morgan fingerprint density at radius 1 is 1.83 bits per heavy atom. The van der Waals surface area contributed by atoms with Crippen LogP contribution in [0.5, 0.6) is 0 Å². The van der Waals surface area contributed by atoms with Crippen LogP contribution in [0, 0.1) is 0 Å². The molecule has 1 aromatic heterocycles. The first kappa shape index (κ1) is 8.73. The van der Waals surface area contributed by atoms with E-state index in [1.807, 2.05) is 0 Å². The molecule has 0 saturated carbocycles. The summed E-state index contributed by atoms with van der Waals surface area (Å²) in [6.45, 7) is 0.489. The van der Waals surface area contributed by atoms with Crippen LogP contribution in [0.25, 0.3) is 0 Å². The van der Waals surface area contributed by atoms with Gasteiger partial charge in [0.25, 0.3) is 0 Å². The summed E-state index contributed by atoms with van der Waals surface area (Å²) in [5.41, 5.74) is 0.816. The first-order chi connectivity index (χ1) is 5.75. The first-order valence-electron chi connectivity index (χ1n) is 3.50. The molecule has 5 heteroatoms. The second-order valence-electron chi connectivity index (χ2n) is 2.31. The Kier molecular flexibility index (Phi) is 2.82. The molecule has 0 fully saturated rings. The number of nitrogens with one attached hydrogen (secondary N) is 1. The van der Waals surface area contributed by atoms with Crippen molar-refractivity contribution in [2.45, 2.75) is 6.42 Å². The van der Waals surface area contributed by atoms with Crippen molar-refractivity contribution < 1.29 is 14.6 Å². The normalized spacial score (nSPS) is 10.1. The number of carboxylic acids is 1. The maximum Gasteiger partial charge on any atom is 0.339 e. The molecule has 0 amide bonds. The standard InChI is InChI=1S/C7H10N2O3/c1-12-3-2-6-5(7(10)11)4-8-9-6/h4H,2-3H2,1H3,(H,8,9)(H,10,11). The Labute approximate surface area is 69.4 Å². The largest absolute Gasteiger partial charge is 0.478 e. The lowest BCUT2D eigenvalue weighted by molar-refractivity contribution is 0.0695. The lowest BCUT2D eigenvalue weighted by Crippen LogP contribution is -2.03. The topological polar surface area (TPSA) is 75.2 Å². The third kappa shape index (κ3) is 1.82. The molecule has 5 nitrogen and oxygen atoms in total. The van der Waals surface area contributed by atoms with E-state index >= 15 is 0 Å². The van der Waals surface area contributed by atoms with Gasteiger partial charge in [-0.1, -0.05) is 0 Å². The van der Waals surface area contributed by atoms with Crippen LogP contribution in [0.3, 0.4) is 0 Å². The van der Waals surface area contributed by atoms with Crippen molar-refractivity contribution in [3.63, 3.8) is 0 Å². The summed E-state index contributed by atoms with van der Waals surface area (Å²) < 4.78 is 4.81. The maximum atomic E-state index is 10.5. The molecule has 2 N–H and O–H groups in total. The van der Waals surface area contributed by atoms with Gasteiger partial charge in [0, 0.05) is 13.5 Å². The van der Waals surface area contributed by atoms with Gasteiger partial charge in [-0.2, -0.15) is 5.10 Å². The number of hydrogen-bond acceptors (Lipinski definition) is 3. The summed E-state index contributed by atoms with van der Waals surface area (Å²) >= 11 is 0. The van der Waals surface area contributed by atoms with Crippen LogP contribution in [0.1, 0.15) is 16.1 Å². The minimum Gasteiger partial charge on any atom is -0.478 e. The third-order valence-electron chi connectivity index (χ3n) is 1.50. The van der Waals surface area contributed by atoms with Crippen molar-refractivity contribution in [1.29, 1.82) is 0 Å². The molecule has 0 unspecified atom stereocenters. The Bertz CT molecular complexity index is 269. The molecule has 1 heterocycles. The van der Waals surface area contributed by atoms with E-state index in [4.69, 9.17) is 9.84 Å². The molecule has 0 bridgehead atoms. The van der Waals surface area contributed by atoms with Crippen molar-refractivity contribution in [2.75, 3.05) is 13.7 Å². The van der Waals surface area contributed by atoms with Crippen molar-refractivity contribution in [2.24, 2.45) is 0 Å². The van der Waals surface area contributed by atoms with E-state index in [1.165, 1.54) is 6.20 Å². The van der Waals surface area contributed by atoms with E-state index in [1.54, 1.807) is 7.11 Å². The van der Waals surface area contributed by atoms with Crippen LogP contribution in [-0.2, 0) is 11.2 Å². The van der Waals surface area contributed by atoms with Crippen LogP contribution in [0.2, 0.25) is 0 Å². The Morgan fingerprint density at radius 2 is 2.58 bits per heavy atom. The number of hydrogen-bond donors (Lipinski definition) is 2. The number of nitrogens with zero attached hydrogens (tertiary/aromatic N) is 1. The molecule has 1 rings (SSSR count). The monoisotopic (exact) mass is 170 g/mol. The predicted octanol–water partition coefficient (Wildman–Crippen LogP) is 0.297.